The normalized spacial score (nSPS) is 11.7. The number of ether oxygens (including phenoxy) is 1. The lowest BCUT2D eigenvalue weighted by molar-refractivity contribution is -0.143. The van der Waals surface area contributed by atoms with Gasteiger partial charge in [-0.1, -0.05) is 12.1 Å². The number of nitrogens with zero attached hydrogens (tertiary/aromatic N) is 3. The minimum absolute atomic E-state index is 0.0265. The van der Waals surface area contributed by atoms with Crippen molar-refractivity contribution in [2.45, 2.75) is 13.1 Å². The van der Waals surface area contributed by atoms with Gasteiger partial charge in [-0.05, 0) is 19.1 Å². The molecule has 0 amide bonds. The second-order valence-electron chi connectivity index (χ2n) is 4.91. The number of pyridine rings is 1. The molecule has 0 unspecified atom stereocenters. The summed E-state index contributed by atoms with van der Waals surface area (Å²) in [5.74, 6) is -1.06. The first-order chi connectivity index (χ1) is 11.4. The number of hydrogen-bond acceptors (Lipinski definition) is 4. The largest absolute Gasteiger partial charge is 0.462 e. The van der Waals surface area contributed by atoms with E-state index in [1.807, 2.05) is 0 Å². The van der Waals surface area contributed by atoms with Crippen LogP contribution < -0.4 is 0 Å². The summed E-state index contributed by atoms with van der Waals surface area (Å²) in [6.07, 6.45) is -0.870. The molecule has 0 bridgehead atoms. The summed E-state index contributed by atoms with van der Waals surface area (Å²) in [7, 11) is 0. The van der Waals surface area contributed by atoms with Crippen molar-refractivity contribution in [3.8, 4) is 5.69 Å². The van der Waals surface area contributed by atoms with Crippen LogP contribution in [0.25, 0.3) is 16.5 Å². The van der Waals surface area contributed by atoms with Gasteiger partial charge in [0.15, 0.2) is 5.69 Å². The zero-order valence-corrected chi connectivity index (χ0v) is 12.5. The van der Waals surface area contributed by atoms with Gasteiger partial charge in [-0.15, -0.1) is 0 Å². The summed E-state index contributed by atoms with van der Waals surface area (Å²) >= 11 is 0. The topological polar surface area (TPSA) is 57.0 Å². The van der Waals surface area contributed by atoms with E-state index in [0.29, 0.717) is 15.5 Å². The van der Waals surface area contributed by atoms with E-state index in [2.05, 4.69) is 10.1 Å². The van der Waals surface area contributed by atoms with Crippen molar-refractivity contribution in [3.63, 3.8) is 0 Å². The van der Waals surface area contributed by atoms with Crippen LogP contribution in [0.15, 0.2) is 42.9 Å². The number of alkyl halides is 3. The molecule has 0 aliphatic heterocycles. The van der Waals surface area contributed by atoms with E-state index >= 15 is 0 Å². The van der Waals surface area contributed by atoms with Gasteiger partial charge in [0, 0.05) is 23.2 Å². The molecule has 0 atom stereocenters. The summed E-state index contributed by atoms with van der Waals surface area (Å²) in [5, 5.41) is 4.98. The van der Waals surface area contributed by atoms with Crippen LogP contribution in [0.5, 0.6) is 0 Å². The van der Waals surface area contributed by atoms with Gasteiger partial charge in [-0.25, -0.2) is 9.48 Å². The molecule has 0 saturated carbocycles. The summed E-state index contributed by atoms with van der Waals surface area (Å²) in [5.41, 5.74) is -1.57. The molecule has 3 aromatic rings. The Morgan fingerprint density at radius 2 is 2.04 bits per heavy atom. The number of rotatable bonds is 3. The van der Waals surface area contributed by atoms with Crippen molar-refractivity contribution in [2.75, 3.05) is 6.61 Å². The summed E-state index contributed by atoms with van der Waals surface area (Å²) < 4.78 is 46.1. The Kier molecular flexibility index (Phi) is 3.96. The second kappa shape index (κ2) is 5.95. The third kappa shape index (κ3) is 2.70. The highest BCUT2D eigenvalue weighted by Gasteiger charge is 2.41. The molecule has 124 valence electrons. The molecule has 0 aliphatic carbocycles. The molecular weight excluding hydrogens is 323 g/mol. The van der Waals surface area contributed by atoms with Crippen molar-refractivity contribution in [1.29, 1.82) is 0 Å². The Labute approximate surface area is 134 Å². The first-order valence-corrected chi connectivity index (χ1v) is 7.09. The van der Waals surface area contributed by atoms with Crippen molar-refractivity contribution in [2.24, 2.45) is 0 Å². The highest BCUT2D eigenvalue weighted by Crippen LogP contribution is 2.35. The van der Waals surface area contributed by atoms with Crippen molar-refractivity contribution in [3.05, 3.63) is 54.1 Å². The van der Waals surface area contributed by atoms with Crippen LogP contribution >= 0.6 is 0 Å². The van der Waals surface area contributed by atoms with Crippen LogP contribution in [0.4, 0.5) is 13.2 Å². The van der Waals surface area contributed by atoms with Crippen LogP contribution in [-0.2, 0) is 10.9 Å². The Hall–Kier alpha value is -2.90. The maximum Gasteiger partial charge on any atom is 0.434 e. The van der Waals surface area contributed by atoms with E-state index in [1.165, 1.54) is 19.2 Å². The van der Waals surface area contributed by atoms with Gasteiger partial charge in [-0.2, -0.15) is 18.3 Å². The van der Waals surface area contributed by atoms with Gasteiger partial charge in [0.05, 0.1) is 18.5 Å². The average molecular weight is 335 g/mol. The number of esters is 1. The van der Waals surface area contributed by atoms with Crippen LogP contribution in [-0.4, -0.2) is 27.3 Å². The van der Waals surface area contributed by atoms with Crippen molar-refractivity contribution >= 4 is 16.7 Å². The highest BCUT2D eigenvalue weighted by molar-refractivity contribution is 5.92. The van der Waals surface area contributed by atoms with E-state index in [1.54, 1.807) is 24.4 Å². The molecule has 5 nitrogen and oxygen atoms in total. The van der Waals surface area contributed by atoms with Gasteiger partial charge in [-0.3, -0.25) is 4.98 Å². The third-order valence-electron chi connectivity index (χ3n) is 3.42. The Morgan fingerprint density at radius 3 is 2.75 bits per heavy atom. The lowest BCUT2D eigenvalue weighted by Gasteiger charge is -2.14. The Balaban J connectivity index is 2.26. The Bertz CT molecular complexity index is 898. The van der Waals surface area contributed by atoms with Crippen LogP contribution in [0.2, 0.25) is 0 Å². The van der Waals surface area contributed by atoms with Gasteiger partial charge >= 0.3 is 12.1 Å². The molecule has 2 aromatic heterocycles. The van der Waals surface area contributed by atoms with E-state index < -0.39 is 23.4 Å². The fraction of sp³-hybridized carbons (Fsp3) is 0.188. The van der Waals surface area contributed by atoms with Crippen LogP contribution in [0.1, 0.15) is 23.0 Å². The zero-order chi connectivity index (χ0) is 17.3. The van der Waals surface area contributed by atoms with Gasteiger partial charge in [0.25, 0.3) is 0 Å². The third-order valence-corrected chi connectivity index (χ3v) is 3.42. The predicted octanol–water partition coefficient (Wildman–Crippen LogP) is 3.62. The molecule has 0 aliphatic rings. The Morgan fingerprint density at radius 1 is 1.25 bits per heavy atom. The molecule has 0 radical (unpaired) electrons. The smallest absolute Gasteiger partial charge is 0.434 e. The van der Waals surface area contributed by atoms with E-state index in [9.17, 15) is 18.0 Å². The maximum atomic E-state index is 13.5. The quantitative estimate of drug-likeness (QED) is 0.686. The molecule has 1 aromatic carbocycles. The highest BCUT2D eigenvalue weighted by atomic mass is 19.4. The fourth-order valence-electron chi connectivity index (χ4n) is 2.45. The minimum atomic E-state index is -4.77. The number of benzene rings is 1. The first-order valence-electron chi connectivity index (χ1n) is 7.09. The lowest BCUT2D eigenvalue weighted by Crippen LogP contribution is -2.18. The number of carbonyl (C=O) groups is 1. The SMILES string of the molecule is CCOC(=O)c1cnn(-c2cccc3cnccc23)c1C(F)(F)F. The number of fused-ring (bicyclic) bond motifs is 1. The second-order valence-corrected chi connectivity index (χ2v) is 4.91. The molecular formula is C16H12F3N3O2. The molecule has 0 spiro atoms. The molecule has 24 heavy (non-hydrogen) atoms. The monoisotopic (exact) mass is 335 g/mol. The summed E-state index contributed by atoms with van der Waals surface area (Å²) in [6.45, 7) is 1.49. The van der Waals surface area contributed by atoms with Gasteiger partial charge in [0.1, 0.15) is 5.56 Å². The first kappa shape index (κ1) is 16.0. The van der Waals surface area contributed by atoms with Crippen molar-refractivity contribution < 1.29 is 22.7 Å². The zero-order valence-electron chi connectivity index (χ0n) is 12.5. The minimum Gasteiger partial charge on any atom is -0.462 e. The molecule has 8 heteroatoms. The van der Waals surface area contributed by atoms with E-state index in [4.69, 9.17) is 4.74 Å². The predicted molar refractivity (Wildman–Crippen MR) is 79.8 cm³/mol. The van der Waals surface area contributed by atoms with Gasteiger partial charge < -0.3 is 4.74 Å². The lowest BCUT2D eigenvalue weighted by atomic mass is 10.1. The number of hydrogen-bond donors (Lipinski definition) is 0. The fourth-order valence-corrected chi connectivity index (χ4v) is 2.45. The molecule has 0 fully saturated rings. The molecule has 0 saturated heterocycles. The molecule has 0 N–H and O–H groups in total. The van der Waals surface area contributed by atoms with Crippen LogP contribution in [0, 0.1) is 0 Å². The van der Waals surface area contributed by atoms with Crippen LogP contribution in [0.3, 0.4) is 0 Å². The summed E-state index contributed by atoms with van der Waals surface area (Å²) in [6, 6.07) is 6.43. The summed E-state index contributed by atoms with van der Waals surface area (Å²) in [4.78, 5) is 15.8. The average Bonchev–Trinajstić information content (AvgIpc) is 3.00. The number of carbonyl (C=O) groups excluding carboxylic acids is 1. The molecule has 3 rings (SSSR count). The number of aromatic nitrogens is 3. The van der Waals surface area contributed by atoms with Gasteiger partial charge in [0.2, 0.25) is 0 Å². The van der Waals surface area contributed by atoms with E-state index in [-0.39, 0.29) is 12.3 Å². The van der Waals surface area contributed by atoms with E-state index in [0.717, 1.165) is 6.20 Å². The number of halogens is 3. The standard InChI is InChI=1S/C16H12F3N3O2/c1-2-24-15(23)12-9-21-22(14(12)16(17,18)19)13-5-3-4-10-8-20-7-6-11(10)13/h3-9H,2H2,1H3. The van der Waals surface area contributed by atoms with Crippen molar-refractivity contribution in [1.82, 2.24) is 14.8 Å². The molecule has 2 heterocycles. The maximum absolute atomic E-state index is 13.5.